The third-order valence-electron chi connectivity index (χ3n) is 2.68. The first-order chi connectivity index (χ1) is 10.6. The van der Waals surface area contributed by atoms with Gasteiger partial charge < -0.3 is 0 Å². The summed E-state index contributed by atoms with van der Waals surface area (Å²) in [7, 11) is 0. The second-order valence-corrected chi connectivity index (χ2v) is 6.05. The van der Waals surface area contributed by atoms with Crippen molar-refractivity contribution < 1.29 is 22.0 Å². The highest BCUT2D eigenvalue weighted by Crippen LogP contribution is 2.40. The fourth-order valence-corrected chi connectivity index (χ4v) is 2.56. The smallest absolute Gasteiger partial charge is 0.257 e. The summed E-state index contributed by atoms with van der Waals surface area (Å²) in [4.78, 5) is 3.92. The molecule has 0 amide bonds. The lowest BCUT2D eigenvalue weighted by molar-refractivity contribution is -0.265. The van der Waals surface area contributed by atoms with Gasteiger partial charge in [-0.3, -0.25) is 4.98 Å². The zero-order valence-corrected chi connectivity index (χ0v) is 13.2. The summed E-state index contributed by atoms with van der Waals surface area (Å²) in [6, 6.07) is 2.94. The van der Waals surface area contributed by atoms with Gasteiger partial charge in [-0.05, 0) is 17.9 Å². The number of alkyl halides is 5. The van der Waals surface area contributed by atoms with E-state index in [2.05, 4.69) is 10.1 Å². The number of hydrogen-bond acceptors (Lipinski definition) is 3. The summed E-state index contributed by atoms with van der Waals surface area (Å²) in [5.41, 5.74) is -0.0264. The van der Waals surface area contributed by atoms with Crippen LogP contribution in [-0.2, 0) is 0 Å². The van der Waals surface area contributed by atoms with Gasteiger partial charge in [0.15, 0.2) is 5.15 Å². The van der Waals surface area contributed by atoms with Gasteiger partial charge in [0.25, 0.3) is 0 Å². The monoisotopic (exact) mass is 370 g/mol. The number of thioether (sulfide) groups is 1. The Bertz CT molecular complexity index is 686. The molecule has 0 N–H and O–H groups in total. The summed E-state index contributed by atoms with van der Waals surface area (Å²) in [5, 5.41) is 4.14. The van der Waals surface area contributed by atoms with Crippen molar-refractivity contribution in [2.45, 2.75) is 23.9 Å². The average molecular weight is 371 g/mol. The van der Waals surface area contributed by atoms with Crippen LogP contribution in [0.4, 0.5) is 22.0 Å². The minimum absolute atomic E-state index is 0.176. The molecule has 0 spiro atoms. The molecule has 2 aromatic rings. The summed E-state index contributed by atoms with van der Waals surface area (Å²) >= 11 is 6.79. The van der Waals surface area contributed by atoms with Gasteiger partial charge in [0.1, 0.15) is 0 Å². The molecule has 0 atom stereocenters. The minimum Gasteiger partial charge on any atom is -0.257 e. The second kappa shape index (κ2) is 6.64. The van der Waals surface area contributed by atoms with Crippen molar-refractivity contribution in [1.29, 1.82) is 0 Å². The second-order valence-electron chi connectivity index (χ2n) is 4.36. The van der Waals surface area contributed by atoms with Crippen LogP contribution in [0.5, 0.6) is 0 Å². The molecule has 125 valence electrons. The molecule has 0 aliphatic carbocycles. The largest absolute Gasteiger partial charge is 0.454 e. The van der Waals surface area contributed by atoms with Crippen LogP contribution in [0.15, 0.2) is 29.4 Å². The van der Waals surface area contributed by atoms with Crippen molar-refractivity contribution in [3.63, 3.8) is 0 Å². The van der Waals surface area contributed by atoms with E-state index in [9.17, 15) is 22.0 Å². The molecule has 0 saturated heterocycles. The maximum atomic E-state index is 13.2. The molecule has 3 nitrogen and oxygen atoms in total. The quantitative estimate of drug-likeness (QED) is 0.560. The zero-order valence-electron chi connectivity index (χ0n) is 11.6. The van der Waals surface area contributed by atoms with Gasteiger partial charge in [0, 0.05) is 11.1 Å². The topological polar surface area (TPSA) is 30.7 Å². The summed E-state index contributed by atoms with van der Waals surface area (Å²) < 4.78 is 64.8. The summed E-state index contributed by atoms with van der Waals surface area (Å²) in [6.07, 6.45) is -3.17. The lowest BCUT2D eigenvalue weighted by atomic mass is 10.1. The Morgan fingerprint density at radius 2 is 2.00 bits per heavy atom. The van der Waals surface area contributed by atoms with Gasteiger partial charge >= 0.3 is 12.1 Å². The van der Waals surface area contributed by atoms with Gasteiger partial charge in [0.05, 0.1) is 24.0 Å². The highest BCUT2D eigenvalue weighted by molar-refractivity contribution is 7.99. The van der Waals surface area contributed by atoms with Crippen LogP contribution in [0.3, 0.4) is 0 Å². The molecule has 0 saturated carbocycles. The molecule has 0 aliphatic heterocycles. The van der Waals surface area contributed by atoms with Crippen LogP contribution in [0.1, 0.15) is 12.6 Å². The Balaban J connectivity index is 2.37. The van der Waals surface area contributed by atoms with Crippen LogP contribution in [0.25, 0.3) is 5.69 Å². The van der Waals surface area contributed by atoms with Crippen LogP contribution < -0.4 is 0 Å². The van der Waals surface area contributed by atoms with Crippen molar-refractivity contribution in [1.82, 2.24) is 14.8 Å². The normalized spacial score (nSPS) is 12.7. The average Bonchev–Trinajstić information content (AvgIpc) is 2.86. The Morgan fingerprint density at radius 1 is 1.30 bits per heavy atom. The van der Waals surface area contributed by atoms with Crippen molar-refractivity contribution in [2.75, 3.05) is 5.75 Å². The lowest BCUT2D eigenvalue weighted by Crippen LogP contribution is -2.37. The SMILES string of the molecule is CCSc1cc(-n2ccc(Cl)n2)cnc1[CH]C(F)(F)C(F)(F)F. The van der Waals surface area contributed by atoms with E-state index in [4.69, 9.17) is 11.6 Å². The Kier molecular flexibility index (Phi) is 5.20. The van der Waals surface area contributed by atoms with Crippen LogP contribution in [-0.4, -0.2) is 32.6 Å². The van der Waals surface area contributed by atoms with E-state index in [0.717, 1.165) is 18.0 Å². The first-order valence-corrected chi connectivity index (χ1v) is 7.65. The van der Waals surface area contributed by atoms with E-state index < -0.39 is 17.8 Å². The number of halogens is 6. The number of hydrogen-bond donors (Lipinski definition) is 0. The molecule has 1 radical (unpaired) electrons. The molecule has 23 heavy (non-hydrogen) atoms. The molecule has 2 heterocycles. The van der Waals surface area contributed by atoms with Crippen molar-refractivity contribution in [2.24, 2.45) is 0 Å². The fraction of sp³-hybridized carbons (Fsp3) is 0.308. The van der Waals surface area contributed by atoms with E-state index in [-0.39, 0.29) is 16.5 Å². The molecule has 0 aromatic carbocycles. The molecular formula is C13H10ClF5N3S. The van der Waals surface area contributed by atoms with Gasteiger partial charge in [-0.25, -0.2) is 4.68 Å². The first kappa shape index (κ1) is 18.0. The summed E-state index contributed by atoms with van der Waals surface area (Å²) in [5.74, 6) is -4.48. The van der Waals surface area contributed by atoms with Crippen molar-refractivity contribution in [3.8, 4) is 5.69 Å². The van der Waals surface area contributed by atoms with E-state index in [1.165, 1.54) is 23.0 Å². The number of aromatic nitrogens is 3. The zero-order chi connectivity index (χ0) is 17.3. The standard InChI is InChI=1S/C13H10ClF5N3S/c1-2-23-10-5-8(22-4-3-11(14)21-22)7-20-9(10)6-12(15,16)13(17,18)19/h3-7H,2H2,1H3. The molecule has 0 unspecified atom stereocenters. The first-order valence-electron chi connectivity index (χ1n) is 6.29. The van der Waals surface area contributed by atoms with Gasteiger partial charge in [0.2, 0.25) is 0 Å². The minimum atomic E-state index is -5.67. The van der Waals surface area contributed by atoms with Gasteiger partial charge in [-0.2, -0.15) is 27.1 Å². The third kappa shape index (κ3) is 4.14. The number of nitrogens with zero attached hydrogens (tertiary/aromatic N) is 3. The molecule has 10 heteroatoms. The highest BCUT2D eigenvalue weighted by atomic mass is 35.5. The molecule has 2 rings (SSSR count). The van der Waals surface area contributed by atoms with Crippen molar-refractivity contribution >= 4 is 23.4 Å². The molecular weight excluding hydrogens is 361 g/mol. The molecule has 0 bridgehead atoms. The van der Waals surface area contributed by atoms with Crippen molar-refractivity contribution in [3.05, 3.63) is 41.8 Å². The fourth-order valence-electron chi connectivity index (χ4n) is 1.65. The van der Waals surface area contributed by atoms with E-state index in [1.807, 2.05) is 0 Å². The van der Waals surface area contributed by atoms with Gasteiger partial charge in [-0.15, -0.1) is 11.8 Å². The predicted octanol–water partition coefficient (Wildman–Crippen LogP) is 4.78. The molecule has 0 fully saturated rings. The van der Waals surface area contributed by atoms with E-state index in [0.29, 0.717) is 11.4 Å². The van der Waals surface area contributed by atoms with E-state index in [1.54, 1.807) is 6.92 Å². The highest BCUT2D eigenvalue weighted by Gasteiger charge is 2.58. The lowest BCUT2D eigenvalue weighted by Gasteiger charge is -2.20. The third-order valence-corrected chi connectivity index (χ3v) is 3.81. The predicted molar refractivity (Wildman–Crippen MR) is 77.2 cm³/mol. The van der Waals surface area contributed by atoms with Gasteiger partial charge in [-0.1, -0.05) is 18.5 Å². The Morgan fingerprint density at radius 3 is 2.52 bits per heavy atom. The number of pyridine rings is 1. The Labute approximate surface area is 137 Å². The maximum absolute atomic E-state index is 13.2. The summed E-state index contributed by atoms with van der Waals surface area (Å²) in [6.45, 7) is 1.74. The number of rotatable bonds is 5. The molecule has 2 aromatic heterocycles. The van der Waals surface area contributed by atoms with Crippen LogP contribution >= 0.6 is 23.4 Å². The Hall–Kier alpha value is -1.35. The molecule has 0 aliphatic rings. The van der Waals surface area contributed by atoms with E-state index >= 15 is 0 Å². The van der Waals surface area contributed by atoms with Crippen LogP contribution in [0, 0.1) is 6.42 Å². The maximum Gasteiger partial charge on any atom is 0.454 e. The van der Waals surface area contributed by atoms with Crippen LogP contribution in [0.2, 0.25) is 5.15 Å².